The maximum atomic E-state index is 4.50. The molecule has 15 rings (SSSR count). The maximum absolute atomic E-state index is 4.50. The first-order valence-electron chi connectivity index (χ1n) is 29.8. The monoisotopic (exact) mass is 1060 g/mol. The van der Waals surface area contributed by atoms with Crippen LogP contribution in [0.2, 0.25) is 0 Å². The lowest BCUT2D eigenvalue weighted by molar-refractivity contribution is 0.669. The number of para-hydroxylation sites is 4. The molecule has 3 aliphatic carbocycles. The standard InChI is InChI=1S/C79H65N3/c1-2-55(56-43-49-60(50-44-56)81-76-35-17-11-29-70(76)64-23-5-6-24-65(64)71-30-12-18-36-77(71)81)53-58(57-45-51-61(52-46-57)82-78-37-19-13-31-72(78)66-25-7-8-26-67(66)73-32-14-20-38-79(73)82)42-39-54-40-47-59(48-41-54)80-74-33-15-9-27-68(74)62-21-3-4-22-63(62)69-28-10-16-34-75(69)80/h2-9,11-15,17,19-27,29-33,35,37-38,40-41,43-51,53,58,61H,1,10,16,18,28,34,36,39,42,52H2/b55-53+. The average Bonchev–Trinajstić information content (AvgIpc) is 4.10. The Balaban J connectivity index is 0.775. The van der Waals surface area contributed by atoms with E-state index in [0.717, 1.165) is 50.5 Å². The van der Waals surface area contributed by atoms with Gasteiger partial charge >= 0.3 is 0 Å². The molecule has 0 N–H and O–H groups in total. The first-order chi connectivity index (χ1) is 40.7. The quantitative estimate of drug-likeness (QED) is 0.126. The summed E-state index contributed by atoms with van der Waals surface area (Å²) in [6.45, 7) is 4.50. The first-order valence-corrected chi connectivity index (χ1v) is 29.8. The SMILES string of the molecule is C=C/C(=C\C(CCc1ccc(N2C3=C(CCCC3)c3ccccc3-c3ccccc32)cc1)C1=CCC(N2c3ccccc3-c3ccccc3-c3ccccc32)C=C1)c1ccc(N2C3=C(C=CCC3)c3ccccc3-c3ccccc32)cc1. The van der Waals surface area contributed by atoms with Gasteiger partial charge in [-0.1, -0.05) is 219 Å². The second-order valence-electron chi connectivity index (χ2n) is 22.7. The molecular formula is C79H65N3. The Hall–Kier alpha value is -9.44. The van der Waals surface area contributed by atoms with Crippen molar-refractivity contribution in [2.24, 2.45) is 5.92 Å². The lowest BCUT2D eigenvalue weighted by Crippen LogP contribution is -2.31. The van der Waals surface area contributed by atoms with E-state index in [0.29, 0.717) is 0 Å². The van der Waals surface area contributed by atoms with Gasteiger partial charge in [-0.3, -0.25) is 0 Å². The smallest absolute Gasteiger partial charge is 0.0560 e. The van der Waals surface area contributed by atoms with E-state index in [-0.39, 0.29) is 12.0 Å². The predicted molar refractivity (Wildman–Crippen MR) is 347 cm³/mol. The highest BCUT2D eigenvalue weighted by Crippen LogP contribution is 2.53. The molecule has 0 bridgehead atoms. The van der Waals surface area contributed by atoms with Crippen molar-refractivity contribution in [2.45, 2.75) is 63.8 Å². The molecule has 3 nitrogen and oxygen atoms in total. The Kier molecular flexibility index (Phi) is 12.8. The van der Waals surface area contributed by atoms with Crippen LogP contribution in [0.15, 0.2) is 284 Å². The van der Waals surface area contributed by atoms with Gasteiger partial charge in [0.2, 0.25) is 0 Å². The summed E-state index contributed by atoms with van der Waals surface area (Å²) in [5, 5.41) is 0. The number of allylic oxidation sites excluding steroid dienone is 11. The highest BCUT2D eigenvalue weighted by molar-refractivity contribution is 6.01. The highest BCUT2D eigenvalue weighted by Gasteiger charge is 2.33. The summed E-state index contributed by atoms with van der Waals surface area (Å²) in [4.78, 5) is 7.70. The fourth-order valence-corrected chi connectivity index (χ4v) is 14.3. The van der Waals surface area contributed by atoms with Crippen molar-refractivity contribution in [2.75, 3.05) is 14.7 Å². The third kappa shape index (κ3) is 8.66. The molecule has 0 radical (unpaired) electrons. The van der Waals surface area contributed by atoms with Crippen LogP contribution < -0.4 is 14.7 Å². The molecule has 6 aliphatic rings. The predicted octanol–water partition coefficient (Wildman–Crippen LogP) is 21.2. The summed E-state index contributed by atoms with van der Waals surface area (Å²) in [5.41, 5.74) is 31.0. The van der Waals surface area contributed by atoms with Crippen molar-refractivity contribution >= 4 is 50.8 Å². The van der Waals surface area contributed by atoms with E-state index < -0.39 is 0 Å². The van der Waals surface area contributed by atoms with Gasteiger partial charge in [0.05, 0.1) is 17.4 Å². The van der Waals surface area contributed by atoms with Crippen molar-refractivity contribution in [3.63, 3.8) is 0 Å². The van der Waals surface area contributed by atoms with Crippen molar-refractivity contribution < 1.29 is 0 Å². The van der Waals surface area contributed by atoms with Gasteiger partial charge in [0, 0.05) is 67.9 Å². The molecule has 0 spiro atoms. The van der Waals surface area contributed by atoms with Crippen LogP contribution in [0.3, 0.4) is 0 Å². The van der Waals surface area contributed by atoms with E-state index in [9.17, 15) is 0 Å². The largest absolute Gasteiger partial charge is 0.333 e. The number of rotatable bonds is 10. The molecule has 0 aromatic heterocycles. The molecule has 2 unspecified atom stereocenters. The van der Waals surface area contributed by atoms with Crippen LogP contribution in [0.25, 0.3) is 61.2 Å². The average molecular weight is 1060 g/mol. The van der Waals surface area contributed by atoms with E-state index in [1.165, 1.54) is 142 Å². The molecule has 2 atom stereocenters. The molecule has 9 aromatic rings. The normalized spacial score (nSPS) is 17.0. The summed E-state index contributed by atoms with van der Waals surface area (Å²) in [7, 11) is 0. The second kappa shape index (κ2) is 21.2. The van der Waals surface area contributed by atoms with E-state index in [1.807, 2.05) is 0 Å². The van der Waals surface area contributed by atoms with Gasteiger partial charge < -0.3 is 14.7 Å². The summed E-state index contributed by atoms with van der Waals surface area (Å²) in [5.74, 6) is 0.140. The Labute approximate surface area is 483 Å². The van der Waals surface area contributed by atoms with Crippen LogP contribution in [0.1, 0.15) is 73.6 Å². The van der Waals surface area contributed by atoms with Crippen molar-refractivity contribution in [3.8, 4) is 44.5 Å². The van der Waals surface area contributed by atoms with Crippen molar-refractivity contribution in [1.82, 2.24) is 0 Å². The second-order valence-corrected chi connectivity index (χ2v) is 22.7. The third-order valence-electron chi connectivity index (χ3n) is 18.2. The molecule has 0 amide bonds. The zero-order chi connectivity index (χ0) is 54.5. The lowest BCUT2D eigenvalue weighted by atomic mass is 9.85. The molecule has 3 heteroatoms. The van der Waals surface area contributed by atoms with E-state index in [4.69, 9.17) is 0 Å². The van der Waals surface area contributed by atoms with Gasteiger partial charge in [-0.25, -0.2) is 0 Å². The summed E-state index contributed by atoms with van der Waals surface area (Å²) in [6, 6.07) is 81.7. The molecule has 0 saturated carbocycles. The van der Waals surface area contributed by atoms with E-state index in [1.54, 1.807) is 0 Å². The van der Waals surface area contributed by atoms with Crippen LogP contribution in [0, 0.1) is 5.92 Å². The zero-order valence-corrected chi connectivity index (χ0v) is 46.4. The molecule has 3 heterocycles. The lowest BCUT2D eigenvalue weighted by Gasteiger charge is -2.35. The molecule has 82 heavy (non-hydrogen) atoms. The van der Waals surface area contributed by atoms with Crippen LogP contribution in [0.5, 0.6) is 0 Å². The number of aryl methyl sites for hydroxylation is 1. The summed E-state index contributed by atoms with van der Waals surface area (Å²) >= 11 is 0. The summed E-state index contributed by atoms with van der Waals surface area (Å²) in [6.07, 6.45) is 26.1. The number of hydrogen-bond donors (Lipinski definition) is 0. The van der Waals surface area contributed by atoms with Crippen LogP contribution in [-0.4, -0.2) is 6.04 Å². The van der Waals surface area contributed by atoms with Gasteiger partial charge in [0.1, 0.15) is 0 Å². The van der Waals surface area contributed by atoms with Gasteiger partial charge in [0.15, 0.2) is 0 Å². The molecule has 396 valence electrons. The van der Waals surface area contributed by atoms with E-state index in [2.05, 4.69) is 282 Å². The number of benzene rings is 9. The number of hydrogen-bond acceptors (Lipinski definition) is 3. The first kappa shape index (κ1) is 49.6. The summed E-state index contributed by atoms with van der Waals surface area (Å²) < 4.78 is 0. The van der Waals surface area contributed by atoms with E-state index >= 15 is 0 Å². The number of nitrogens with zero attached hydrogens (tertiary/aromatic N) is 3. The van der Waals surface area contributed by atoms with Crippen molar-refractivity contribution in [1.29, 1.82) is 0 Å². The number of anilines is 6. The Morgan fingerprint density at radius 2 is 0.963 bits per heavy atom. The molecule has 3 aliphatic heterocycles. The zero-order valence-electron chi connectivity index (χ0n) is 46.4. The Morgan fingerprint density at radius 3 is 1.55 bits per heavy atom. The minimum absolute atomic E-state index is 0.132. The fraction of sp³-hybridized carbons (Fsp3) is 0.139. The molecule has 9 aromatic carbocycles. The fourth-order valence-electron chi connectivity index (χ4n) is 14.3. The molecule has 0 fully saturated rings. The van der Waals surface area contributed by atoms with Gasteiger partial charge in [-0.15, -0.1) is 0 Å². The van der Waals surface area contributed by atoms with Gasteiger partial charge in [0.25, 0.3) is 0 Å². The Morgan fingerprint density at radius 1 is 0.476 bits per heavy atom. The highest BCUT2D eigenvalue weighted by atomic mass is 15.2. The topological polar surface area (TPSA) is 9.72 Å². The third-order valence-corrected chi connectivity index (χ3v) is 18.2. The minimum atomic E-state index is 0.132. The van der Waals surface area contributed by atoms with Crippen molar-refractivity contribution in [3.05, 3.63) is 307 Å². The minimum Gasteiger partial charge on any atom is -0.333 e. The van der Waals surface area contributed by atoms with Crippen LogP contribution >= 0.6 is 0 Å². The van der Waals surface area contributed by atoms with Crippen LogP contribution in [0.4, 0.5) is 34.1 Å². The van der Waals surface area contributed by atoms with Gasteiger partial charge in [-0.05, 0) is 168 Å². The molecule has 0 saturated heterocycles. The van der Waals surface area contributed by atoms with Gasteiger partial charge in [-0.2, -0.15) is 0 Å². The molecular weight excluding hydrogens is 991 g/mol. The number of fused-ring (bicyclic) bond motifs is 13. The Bertz CT molecular complexity index is 4110. The maximum Gasteiger partial charge on any atom is 0.0560 e. The van der Waals surface area contributed by atoms with Crippen LogP contribution in [-0.2, 0) is 6.42 Å².